The summed E-state index contributed by atoms with van der Waals surface area (Å²) < 4.78 is 64.3. The second kappa shape index (κ2) is 6.21. The fourth-order valence-corrected chi connectivity index (χ4v) is 3.71. The Bertz CT molecular complexity index is 356. The lowest BCUT2D eigenvalue weighted by Gasteiger charge is -2.30. The number of piperidine rings is 1. The lowest BCUT2D eigenvalue weighted by atomic mass is 10.1. The molecule has 1 N–H and O–H groups in total. The highest BCUT2D eigenvalue weighted by molar-refractivity contribution is 7.92. The number of nitrogens with one attached hydrogen (secondary N) is 1. The van der Waals surface area contributed by atoms with Gasteiger partial charge in [-0.05, 0) is 12.8 Å². The van der Waals surface area contributed by atoms with Crippen LogP contribution in [-0.2, 0) is 14.6 Å². The summed E-state index contributed by atoms with van der Waals surface area (Å²) in [6.45, 7) is 0.966. The Kier molecular flexibility index (Phi) is 5.42. The Morgan fingerprint density at radius 2 is 2.00 bits per heavy atom. The third-order valence-electron chi connectivity index (χ3n) is 2.75. The van der Waals surface area contributed by atoms with Gasteiger partial charge in [-0.2, -0.15) is 13.2 Å². The molecule has 0 aliphatic carbocycles. The minimum Gasteiger partial charge on any atom is -0.367 e. The van der Waals surface area contributed by atoms with Crippen molar-refractivity contribution in [3.63, 3.8) is 0 Å². The number of ether oxygens (including phenoxy) is 1. The molecule has 0 spiro atoms. The van der Waals surface area contributed by atoms with Gasteiger partial charge in [0.15, 0.2) is 9.84 Å². The minimum absolute atomic E-state index is 0.0609. The van der Waals surface area contributed by atoms with E-state index >= 15 is 0 Å². The van der Waals surface area contributed by atoms with Crippen molar-refractivity contribution < 1.29 is 26.3 Å². The first-order valence-corrected chi connectivity index (χ1v) is 7.57. The second-order valence-electron chi connectivity index (χ2n) is 4.43. The molecular weight excluding hydrogens is 271 g/mol. The third-order valence-corrected chi connectivity index (χ3v) is 5.10. The molecule has 0 aromatic heterocycles. The first kappa shape index (κ1) is 15.7. The van der Waals surface area contributed by atoms with Crippen LogP contribution < -0.4 is 5.32 Å². The molecule has 1 rings (SSSR count). The van der Waals surface area contributed by atoms with E-state index in [2.05, 4.69) is 5.32 Å². The van der Waals surface area contributed by atoms with E-state index < -0.39 is 34.0 Å². The normalized spacial score (nSPS) is 26.2. The lowest BCUT2D eigenvalue weighted by Crippen LogP contribution is -2.48. The summed E-state index contributed by atoms with van der Waals surface area (Å²) in [5, 5.41) is 2.17. The maximum Gasteiger partial charge on any atom is 0.411 e. The van der Waals surface area contributed by atoms with Crippen molar-refractivity contribution >= 4 is 9.84 Å². The summed E-state index contributed by atoms with van der Waals surface area (Å²) >= 11 is 0. The second-order valence-corrected chi connectivity index (χ2v) is 6.83. The molecule has 1 heterocycles. The third kappa shape index (κ3) is 5.11. The quantitative estimate of drug-likeness (QED) is 0.824. The van der Waals surface area contributed by atoms with Gasteiger partial charge in [-0.3, -0.25) is 0 Å². The standard InChI is InChI=1S/C10H18F3NO3S/c1-2-3-18(15,16)9-4-8(5-14-6-9)17-7-10(11,12)13/h8-9,14H,2-7H2,1H3. The average molecular weight is 289 g/mol. The number of hydrogen-bond acceptors (Lipinski definition) is 4. The zero-order chi connectivity index (χ0) is 13.8. The van der Waals surface area contributed by atoms with Gasteiger partial charge in [0.25, 0.3) is 0 Å². The molecule has 0 amide bonds. The highest BCUT2D eigenvalue weighted by Gasteiger charge is 2.34. The molecule has 8 heteroatoms. The van der Waals surface area contributed by atoms with Gasteiger partial charge in [-0.25, -0.2) is 8.42 Å². The van der Waals surface area contributed by atoms with Crippen LogP contribution in [0.5, 0.6) is 0 Å². The summed E-state index contributed by atoms with van der Waals surface area (Å²) in [6, 6.07) is 0. The first-order chi connectivity index (χ1) is 8.24. The molecule has 1 fully saturated rings. The van der Waals surface area contributed by atoms with Gasteiger partial charge in [-0.15, -0.1) is 0 Å². The predicted molar refractivity (Wildman–Crippen MR) is 61.1 cm³/mol. The average Bonchev–Trinajstić information content (AvgIpc) is 2.26. The van der Waals surface area contributed by atoms with Crippen LogP contribution in [0, 0.1) is 0 Å². The Balaban J connectivity index is 2.51. The summed E-state index contributed by atoms with van der Waals surface area (Å²) in [7, 11) is -3.24. The molecule has 18 heavy (non-hydrogen) atoms. The molecule has 2 unspecified atom stereocenters. The first-order valence-electron chi connectivity index (χ1n) is 5.85. The lowest BCUT2D eigenvalue weighted by molar-refractivity contribution is -0.186. The van der Waals surface area contributed by atoms with Crippen molar-refractivity contribution in [1.82, 2.24) is 5.32 Å². The van der Waals surface area contributed by atoms with Crippen LogP contribution in [-0.4, -0.2) is 51.4 Å². The van der Waals surface area contributed by atoms with Crippen LogP contribution in [0.15, 0.2) is 0 Å². The maximum atomic E-state index is 12.0. The molecule has 1 aliphatic heterocycles. The van der Waals surface area contributed by atoms with E-state index in [4.69, 9.17) is 4.74 Å². The molecule has 1 aliphatic rings. The topological polar surface area (TPSA) is 55.4 Å². The van der Waals surface area contributed by atoms with E-state index in [1.165, 1.54) is 0 Å². The number of hydrogen-bond donors (Lipinski definition) is 1. The predicted octanol–water partition coefficient (Wildman–Crippen LogP) is 1.12. The van der Waals surface area contributed by atoms with Crippen LogP contribution in [0.1, 0.15) is 19.8 Å². The van der Waals surface area contributed by atoms with Crippen LogP contribution in [0.4, 0.5) is 13.2 Å². The van der Waals surface area contributed by atoms with Gasteiger partial charge in [0, 0.05) is 13.1 Å². The minimum atomic E-state index is -4.38. The maximum absolute atomic E-state index is 12.0. The Morgan fingerprint density at radius 3 is 2.56 bits per heavy atom. The highest BCUT2D eigenvalue weighted by atomic mass is 32.2. The van der Waals surface area contributed by atoms with Gasteiger partial charge in [0.1, 0.15) is 6.61 Å². The van der Waals surface area contributed by atoms with E-state index in [9.17, 15) is 21.6 Å². The van der Waals surface area contributed by atoms with E-state index in [1.54, 1.807) is 6.92 Å². The number of rotatable bonds is 5. The van der Waals surface area contributed by atoms with Gasteiger partial charge in [0.2, 0.25) is 0 Å². The molecule has 0 aromatic rings. The number of sulfone groups is 1. The van der Waals surface area contributed by atoms with Crippen LogP contribution in [0.25, 0.3) is 0 Å². The Labute approximate surface area is 105 Å². The van der Waals surface area contributed by atoms with Crippen molar-refractivity contribution in [1.29, 1.82) is 0 Å². The zero-order valence-corrected chi connectivity index (χ0v) is 11.0. The number of alkyl halides is 3. The van der Waals surface area contributed by atoms with Crippen molar-refractivity contribution in [2.45, 2.75) is 37.3 Å². The fraction of sp³-hybridized carbons (Fsp3) is 1.00. The molecule has 108 valence electrons. The summed E-state index contributed by atoms with van der Waals surface area (Å²) in [5.41, 5.74) is 0. The Hall–Kier alpha value is -0.340. The molecule has 0 aromatic carbocycles. The van der Waals surface area contributed by atoms with Crippen LogP contribution in [0.3, 0.4) is 0 Å². The molecular formula is C10H18F3NO3S. The van der Waals surface area contributed by atoms with Crippen molar-refractivity contribution in [2.75, 3.05) is 25.4 Å². The van der Waals surface area contributed by atoms with E-state index in [1.807, 2.05) is 0 Å². The SMILES string of the molecule is CCCS(=O)(=O)C1CNCC(OCC(F)(F)F)C1. The summed E-state index contributed by atoms with van der Waals surface area (Å²) in [5.74, 6) is 0.0609. The zero-order valence-electron chi connectivity index (χ0n) is 10.2. The van der Waals surface area contributed by atoms with Crippen LogP contribution >= 0.6 is 0 Å². The summed E-state index contributed by atoms with van der Waals surface area (Å²) in [4.78, 5) is 0. The fourth-order valence-electron chi connectivity index (χ4n) is 1.93. The van der Waals surface area contributed by atoms with Crippen molar-refractivity contribution in [3.05, 3.63) is 0 Å². The Morgan fingerprint density at radius 1 is 1.33 bits per heavy atom. The largest absolute Gasteiger partial charge is 0.411 e. The highest BCUT2D eigenvalue weighted by Crippen LogP contribution is 2.20. The van der Waals surface area contributed by atoms with E-state index in [-0.39, 0.29) is 25.3 Å². The smallest absolute Gasteiger partial charge is 0.367 e. The van der Waals surface area contributed by atoms with Gasteiger partial charge >= 0.3 is 6.18 Å². The van der Waals surface area contributed by atoms with E-state index in [0.717, 1.165) is 0 Å². The van der Waals surface area contributed by atoms with Gasteiger partial charge < -0.3 is 10.1 Å². The molecule has 2 atom stereocenters. The molecule has 1 saturated heterocycles. The number of halogens is 3. The monoisotopic (exact) mass is 289 g/mol. The van der Waals surface area contributed by atoms with E-state index in [0.29, 0.717) is 6.42 Å². The molecule has 0 saturated carbocycles. The van der Waals surface area contributed by atoms with Crippen molar-refractivity contribution in [2.24, 2.45) is 0 Å². The van der Waals surface area contributed by atoms with Crippen molar-refractivity contribution in [3.8, 4) is 0 Å². The van der Waals surface area contributed by atoms with Gasteiger partial charge in [0.05, 0.1) is 17.1 Å². The molecule has 0 bridgehead atoms. The molecule has 4 nitrogen and oxygen atoms in total. The summed E-state index contributed by atoms with van der Waals surface area (Å²) in [6.07, 6.45) is -4.44. The van der Waals surface area contributed by atoms with Crippen LogP contribution in [0.2, 0.25) is 0 Å². The van der Waals surface area contributed by atoms with Gasteiger partial charge in [-0.1, -0.05) is 6.92 Å². The molecule has 0 radical (unpaired) electrons.